The molecule has 0 amide bonds. The Labute approximate surface area is 75.0 Å². The van der Waals surface area contributed by atoms with Gasteiger partial charge in [-0.05, 0) is 27.4 Å². The molecule has 0 aromatic rings. The third-order valence-electron chi connectivity index (χ3n) is 1.92. The zero-order valence-corrected chi connectivity index (χ0v) is 8.70. The van der Waals surface area contributed by atoms with E-state index in [0.717, 1.165) is 18.4 Å². The molecule has 0 saturated carbocycles. The van der Waals surface area contributed by atoms with Crippen molar-refractivity contribution in [2.75, 3.05) is 14.1 Å². The van der Waals surface area contributed by atoms with E-state index in [1.54, 1.807) is 0 Å². The molecule has 0 heterocycles. The van der Waals surface area contributed by atoms with Gasteiger partial charge in [0.1, 0.15) is 0 Å². The van der Waals surface area contributed by atoms with Crippen LogP contribution in [-0.4, -0.2) is 24.0 Å². The maximum absolute atomic E-state index is 6.32. The molecule has 1 unspecified atom stereocenters. The minimum atomic E-state index is -0.230. The van der Waals surface area contributed by atoms with E-state index in [-0.39, 0.29) is 5.00 Å². The highest BCUT2D eigenvalue weighted by atomic mass is 35.5. The zero-order valence-electron chi connectivity index (χ0n) is 7.95. The van der Waals surface area contributed by atoms with Crippen LogP contribution in [0.4, 0.5) is 0 Å². The van der Waals surface area contributed by atoms with Crippen LogP contribution in [0.2, 0.25) is 0 Å². The highest BCUT2D eigenvalue weighted by Crippen LogP contribution is 2.28. The van der Waals surface area contributed by atoms with Crippen LogP contribution in [0.3, 0.4) is 0 Å². The maximum atomic E-state index is 6.32. The molecular weight excluding hydrogens is 158 g/mol. The predicted molar refractivity (Wildman–Crippen MR) is 52.0 cm³/mol. The van der Waals surface area contributed by atoms with E-state index in [2.05, 4.69) is 13.5 Å². The van der Waals surface area contributed by atoms with E-state index in [9.17, 15) is 0 Å². The van der Waals surface area contributed by atoms with Gasteiger partial charge in [-0.3, -0.25) is 4.90 Å². The van der Waals surface area contributed by atoms with Gasteiger partial charge in [0, 0.05) is 6.42 Å². The number of hydrogen-bond donors (Lipinski definition) is 0. The maximum Gasteiger partial charge on any atom is 0.0990 e. The van der Waals surface area contributed by atoms with E-state index in [1.807, 2.05) is 25.9 Å². The van der Waals surface area contributed by atoms with Crippen LogP contribution in [0, 0.1) is 0 Å². The van der Waals surface area contributed by atoms with Crippen LogP contribution in [0.15, 0.2) is 12.2 Å². The molecule has 0 aliphatic heterocycles. The van der Waals surface area contributed by atoms with Crippen LogP contribution in [0.1, 0.15) is 26.7 Å². The molecule has 0 aliphatic carbocycles. The van der Waals surface area contributed by atoms with Crippen LogP contribution in [-0.2, 0) is 0 Å². The molecule has 11 heavy (non-hydrogen) atoms. The lowest BCUT2D eigenvalue weighted by atomic mass is 10.1. The largest absolute Gasteiger partial charge is 0.291 e. The first-order valence-corrected chi connectivity index (χ1v) is 4.31. The van der Waals surface area contributed by atoms with Crippen molar-refractivity contribution >= 4 is 11.6 Å². The van der Waals surface area contributed by atoms with Crippen molar-refractivity contribution in [3.05, 3.63) is 12.2 Å². The van der Waals surface area contributed by atoms with E-state index in [0.29, 0.717) is 0 Å². The molecule has 1 nitrogen and oxygen atoms in total. The Morgan fingerprint density at radius 1 is 1.55 bits per heavy atom. The summed E-state index contributed by atoms with van der Waals surface area (Å²) in [5, 5.41) is 0. The van der Waals surface area contributed by atoms with Crippen molar-refractivity contribution in [1.82, 2.24) is 4.90 Å². The topological polar surface area (TPSA) is 3.24 Å². The second-order valence-electron chi connectivity index (χ2n) is 3.30. The summed E-state index contributed by atoms with van der Waals surface area (Å²) in [5.74, 6) is 0. The molecule has 66 valence electrons. The van der Waals surface area contributed by atoms with Gasteiger partial charge in [0.15, 0.2) is 0 Å². The molecular formula is C9H18ClN. The Hall–Kier alpha value is -0.0100. The van der Waals surface area contributed by atoms with Crippen LogP contribution in [0.5, 0.6) is 0 Å². The molecule has 0 fully saturated rings. The van der Waals surface area contributed by atoms with E-state index < -0.39 is 0 Å². The molecule has 0 radical (unpaired) electrons. The van der Waals surface area contributed by atoms with Crippen LogP contribution < -0.4 is 0 Å². The van der Waals surface area contributed by atoms with Crippen molar-refractivity contribution in [2.24, 2.45) is 0 Å². The third-order valence-corrected chi connectivity index (χ3v) is 2.65. The molecule has 0 saturated heterocycles. The van der Waals surface area contributed by atoms with E-state index in [4.69, 9.17) is 11.6 Å². The number of rotatable bonds is 4. The first-order valence-electron chi connectivity index (χ1n) is 3.93. The summed E-state index contributed by atoms with van der Waals surface area (Å²) in [4.78, 5) is 1.81. The molecule has 0 N–H and O–H groups in total. The Balaban J connectivity index is 4.22. The lowest BCUT2D eigenvalue weighted by Gasteiger charge is -2.33. The summed E-state index contributed by atoms with van der Waals surface area (Å²) in [6.07, 6.45) is 1.80. The average Bonchev–Trinajstić information content (AvgIpc) is 1.86. The minimum absolute atomic E-state index is 0.230. The summed E-state index contributed by atoms with van der Waals surface area (Å²) < 4.78 is 0. The second-order valence-corrected chi connectivity index (χ2v) is 4.00. The monoisotopic (exact) mass is 175 g/mol. The van der Waals surface area contributed by atoms with Gasteiger partial charge in [0.05, 0.1) is 5.00 Å². The first kappa shape index (κ1) is 11.0. The summed E-state index contributed by atoms with van der Waals surface area (Å²) in [6.45, 7) is 7.96. The second kappa shape index (κ2) is 4.13. The molecule has 0 bridgehead atoms. The van der Waals surface area contributed by atoms with Gasteiger partial charge in [0.2, 0.25) is 0 Å². The molecule has 0 rings (SSSR count). The molecule has 0 aromatic heterocycles. The Morgan fingerprint density at radius 3 is 2.09 bits per heavy atom. The van der Waals surface area contributed by atoms with Crippen molar-refractivity contribution in [2.45, 2.75) is 31.7 Å². The fourth-order valence-corrected chi connectivity index (χ4v) is 1.29. The van der Waals surface area contributed by atoms with E-state index in [1.165, 1.54) is 0 Å². The van der Waals surface area contributed by atoms with Crippen LogP contribution in [0.25, 0.3) is 0 Å². The van der Waals surface area contributed by atoms with Gasteiger partial charge >= 0.3 is 0 Å². The standard InChI is InChI=1S/C9H18ClN/c1-6-9(10,11(4)5)7-8(2)3/h2,6-7H2,1,3-5H3. The minimum Gasteiger partial charge on any atom is -0.291 e. The first-order chi connectivity index (χ1) is 4.92. The summed E-state index contributed by atoms with van der Waals surface area (Å²) in [7, 11) is 4.00. The Morgan fingerprint density at radius 2 is 2.00 bits per heavy atom. The smallest absolute Gasteiger partial charge is 0.0990 e. The van der Waals surface area contributed by atoms with Gasteiger partial charge in [-0.2, -0.15) is 0 Å². The quantitative estimate of drug-likeness (QED) is 0.361. The molecule has 0 spiro atoms. The summed E-state index contributed by atoms with van der Waals surface area (Å²) in [6, 6.07) is 0. The molecule has 0 aromatic carbocycles. The van der Waals surface area contributed by atoms with Crippen LogP contribution >= 0.6 is 11.6 Å². The van der Waals surface area contributed by atoms with Gasteiger partial charge in [-0.25, -0.2) is 0 Å². The summed E-state index contributed by atoms with van der Waals surface area (Å²) in [5.41, 5.74) is 1.13. The Bertz CT molecular complexity index is 142. The Kier molecular flexibility index (Phi) is 4.12. The molecule has 0 aliphatic rings. The average molecular weight is 176 g/mol. The molecule has 1 atom stereocenters. The number of hydrogen-bond acceptors (Lipinski definition) is 1. The van der Waals surface area contributed by atoms with Crippen molar-refractivity contribution in [1.29, 1.82) is 0 Å². The fourth-order valence-electron chi connectivity index (χ4n) is 1.06. The van der Waals surface area contributed by atoms with Gasteiger partial charge < -0.3 is 0 Å². The normalized spacial score (nSPS) is 16.5. The van der Waals surface area contributed by atoms with Crippen molar-refractivity contribution in [3.63, 3.8) is 0 Å². The molecule has 2 heteroatoms. The van der Waals surface area contributed by atoms with Crippen molar-refractivity contribution in [3.8, 4) is 0 Å². The highest BCUT2D eigenvalue weighted by molar-refractivity contribution is 6.23. The number of alkyl halides is 1. The van der Waals surface area contributed by atoms with Crippen molar-refractivity contribution < 1.29 is 0 Å². The van der Waals surface area contributed by atoms with E-state index >= 15 is 0 Å². The SMILES string of the molecule is C=C(C)CC(Cl)(CC)N(C)C. The van der Waals surface area contributed by atoms with Gasteiger partial charge in [-0.15, -0.1) is 18.2 Å². The lowest BCUT2D eigenvalue weighted by Crippen LogP contribution is -2.38. The lowest BCUT2D eigenvalue weighted by molar-refractivity contribution is 0.238. The predicted octanol–water partition coefficient (Wildman–Crippen LogP) is 2.86. The number of nitrogens with zero attached hydrogens (tertiary/aromatic N) is 1. The fraction of sp³-hybridized carbons (Fsp3) is 0.778. The summed E-state index contributed by atoms with van der Waals surface area (Å²) >= 11 is 6.32. The van der Waals surface area contributed by atoms with Gasteiger partial charge in [0.25, 0.3) is 0 Å². The highest BCUT2D eigenvalue weighted by Gasteiger charge is 2.26. The zero-order chi connectivity index (χ0) is 9.07. The van der Waals surface area contributed by atoms with Gasteiger partial charge in [-0.1, -0.05) is 12.5 Å². The number of halogens is 1. The third kappa shape index (κ3) is 3.26.